The molecule has 94 valence electrons. The molecule has 17 heavy (non-hydrogen) atoms. The van der Waals surface area contributed by atoms with E-state index in [1.165, 1.54) is 6.07 Å². The second-order valence-corrected chi connectivity index (χ2v) is 4.40. The molecule has 1 fully saturated rings. The zero-order valence-corrected chi connectivity index (χ0v) is 9.13. The van der Waals surface area contributed by atoms with Crippen LogP contribution in [0.2, 0.25) is 0 Å². The lowest BCUT2D eigenvalue weighted by Crippen LogP contribution is -2.31. The first-order valence-electron chi connectivity index (χ1n) is 5.35. The lowest BCUT2D eigenvalue weighted by atomic mass is 9.93. The summed E-state index contributed by atoms with van der Waals surface area (Å²) in [6.07, 6.45) is -3.69. The van der Waals surface area contributed by atoms with E-state index in [9.17, 15) is 18.3 Å². The van der Waals surface area contributed by atoms with Gasteiger partial charge in [-0.1, -0.05) is 18.2 Å². The minimum Gasteiger partial charge on any atom is -0.387 e. The van der Waals surface area contributed by atoms with Crippen molar-refractivity contribution in [2.75, 3.05) is 13.2 Å². The Balaban J connectivity index is 2.17. The molecule has 1 N–H and O–H groups in total. The number of halogens is 3. The average Bonchev–Trinajstić information content (AvgIpc) is 2.64. The van der Waals surface area contributed by atoms with Crippen LogP contribution in [0.4, 0.5) is 13.2 Å². The standard InChI is InChI=1S/C12H13F3O2/c13-12(14,15)10-3-1-2-9(6-10)7-11(16)4-5-17-8-11/h1-3,6,16H,4-5,7-8H2. The Morgan fingerprint density at radius 1 is 1.35 bits per heavy atom. The highest BCUT2D eigenvalue weighted by atomic mass is 19.4. The minimum atomic E-state index is -4.34. The van der Waals surface area contributed by atoms with E-state index >= 15 is 0 Å². The summed E-state index contributed by atoms with van der Waals surface area (Å²) in [5, 5.41) is 10.0. The average molecular weight is 246 g/mol. The van der Waals surface area contributed by atoms with Gasteiger partial charge in [-0.25, -0.2) is 0 Å². The van der Waals surface area contributed by atoms with Gasteiger partial charge in [-0.2, -0.15) is 13.2 Å². The van der Waals surface area contributed by atoms with Crippen molar-refractivity contribution in [3.05, 3.63) is 35.4 Å². The van der Waals surface area contributed by atoms with Crippen LogP contribution in [0.1, 0.15) is 17.5 Å². The first-order valence-corrected chi connectivity index (χ1v) is 5.35. The molecule has 0 aliphatic carbocycles. The SMILES string of the molecule is OC1(Cc2cccc(C(F)(F)F)c2)CCOC1. The van der Waals surface area contributed by atoms with Gasteiger partial charge in [-0.3, -0.25) is 0 Å². The molecule has 1 unspecified atom stereocenters. The van der Waals surface area contributed by atoms with E-state index in [2.05, 4.69) is 0 Å². The molecule has 1 aromatic carbocycles. The van der Waals surface area contributed by atoms with E-state index in [-0.39, 0.29) is 13.0 Å². The topological polar surface area (TPSA) is 29.5 Å². The van der Waals surface area contributed by atoms with E-state index in [1.54, 1.807) is 6.07 Å². The molecule has 1 aliphatic heterocycles. The Kier molecular flexibility index (Phi) is 3.14. The number of aliphatic hydroxyl groups is 1. The zero-order valence-electron chi connectivity index (χ0n) is 9.13. The van der Waals surface area contributed by atoms with Crippen molar-refractivity contribution in [2.24, 2.45) is 0 Å². The second kappa shape index (κ2) is 4.31. The van der Waals surface area contributed by atoms with Crippen LogP contribution in [-0.4, -0.2) is 23.9 Å². The normalized spacial score (nSPS) is 25.2. The van der Waals surface area contributed by atoms with E-state index in [0.29, 0.717) is 18.6 Å². The molecule has 1 aromatic rings. The van der Waals surface area contributed by atoms with Crippen LogP contribution in [0.15, 0.2) is 24.3 Å². The molecular formula is C12H13F3O2. The Morgan fingerprint density at radius 3 is 2.71 bits per heavy atom. The molecule has 0 radical (unpaired) electrons. The summed E-state index contributed by atoms with van der Waals surface area (Å²) in [4.78, 5) is 0. The third kappa shape index (κ3) is 2.98. The van der Waals surface area contributed by atoms with Gasteiger partial charge in [0.25, 0.3) is 0 Å². The molecule has 1 atom stereocenters. The second-order valence-electron chi connectivity index (χ2n) is 4.40. The molecule has 5 heteroatoms. The molecule has 1 aliphatic rings. The predicted octanol–water partition coefficient (Wildman–Crippen LogP) is 2.40. The van der Waals surface area contributed by atoms with Gasteiger partial charge in [0.1, 0.15) is 0 Å². The van der Waals surface area contributed by atoms with Gasteiger partial charge in [-0.15, -0.1) is 0 Å². The van der Waals surface area contributed by atoms with E-state index in [4.69, 9.17) is 4.74 Å². The van der Waals surface area contributed by atoms with Crippen molar-refractivity contribution < 1.29 is 23.0 Å². The number of benzene rings is 1. The van der Waals surface area contributed by atoms with Crippen LogP contribution in [0.25, 0.3) is 0 Å². The van der Waals surface area contributed by atoms with Crippen LogP contribution in [0.3, 0.4) is 0 Å². The monoisotopic (exact) mass is 246 g/mol. The number of alkyl halides is 3. The number of ether oxygens (including phenoxy) is 1. The largest absolute Gasteiger partial charge is 0.416 e. The molecule has 2 rings (SSSR count). The van der Waals surface area contributed by atoms with Crippen LogP contribution in [0, 0.1) is 0 Å². The summed E-state index contributed by atoms with van der Waals surface area (Å²) < 4.78 is 42.5. The molecule has 0 saturated carbocycles. The molecule has 0 amide bonds. The summed E-state index contributed by atoms with van der Waals surface area (Å²) in [7, 11) is 0. The Labute approximate surface area is 97.0 Å². The highest BCUT2D eigenvalue weighted by Gasteiger charge is 2.34. The van der Waals surface area contributed by atoms with Gasteiger partial charge < -0.3 is 9.84 Å². The lowest BCUT2D eigenvalue weighted by Gasteiger charge is -2.20. The maximum absolute atomic E-state index is 12.5. The maximum Gasteiger partial charge on any atom is 0.416 e. The fourth-order valence-corrected chi connectivity index (χ4v) is 1.97. The predicted molar refractivity (Wildman–Crippen MR) is 55.5 cm³/mol. The number of hydrogen-bond acceptors (Lipinski definition) is 2. The van der Waals surface area contributed by atoms with Gasteiger partial charge in [0, 0.05) is 19.4 Å². The van der Waals surface area contributed by atoms with Crippen molar-refractivity contribution >= 4 is 0 Å². The summed E-state index contributed by atoms with van der Waals surface area (Å²) in [5.74, 6) is 0. The highest BCUT2D eigenvalue weighted by molar-refractivity contribution is 5.27. The van der Waals surface area contributed by atoms with E-state index in [1.807, 2.05) is 0 Å². The number of rotatable bonds is 2. The molecule has 0 spiro atoms. The smallest absolute Gasteiger partial charge is 0.387 e. The minimum absolute atomic E-state index is 0.184. The fourth-order valence-electron chi connectivity index (χ4n) is 1.97. The van der Waals surface area contributed by atoms with Crippen LogP contribution >= 0.6 is 0 Å². The Bertz CT molecular complexity index is 395. The molecule has 1 saturated heterocycles. The Morgan fingerprint density at radius 2 is 2.12 bits per heavy atom. The third-order valence-corrected chi connectivity index (χ3v) is 2.87. The first kappa shape index (κ1) is 12.4. The van der Waals surface area contributed by atoms with Gasteiger partial charge in [-0.05, 0) is 11.6 Å². The van der Waals surface area contributed by atoms with Crippen molar-refractivity contribution in [1.29, 1.82) is 0 Å². The van der Waals surface area contributed by atoms with Gasteiger partial charge >= 0.3 is 6.18 Å². The summed E-state index contributed by atoms with van der Waals surface area (Å²) in [6, 6.07) is 5.05. The van der Waals surface area contributed by atoms with Crippen LogP contribution in [0.5, 0.6) is 0 Å². The van der Waals surface area contributed by atoms with E-state index in [0.717, 1.165) is 12.1 Å². The summed E-state index contributed by atoms with van der Waals surface area (Å²) in [6.45, 7) is 0.638. The van der Waals surface area contributed by atoms with Crippen LogP contribution < -0.4 is 0 Å². The van der Waals surface area contributed by atoms with Crippen molar-refractivity contribution in [3.63, 3.8) is 0 Å². The van der Waals surface area contributed by atoms with Gasteiger partial charge in [0.2, 0.25) is 0 Å². The maximum atomic E-state index is 12.5. The lowest BCUT2D eigenvalue weighted by molar-refractivity contribution is -0.137. The van der Waals surface area contributed by atoms with E-state index < -0.39 is 17.3 Å². The van der Waals surface area contributed by atoms with Crippen molar-refractivity contribution in [3.8, 4) is 0 Å². The van der Waals surface area contributed by atoms with Gasteiger partial charge in [0.05, 0.1) is 17.8 Å². The fraction of sp³-hybridized carbons (Fsp3) is 0.500. The summed E-state index contributed by atoms with van der Waals surface area (Å²) >= 11 is 0. The van der Waals surface area contributed by atoms with Crippen molar-refractivity contribution in [2.45, 2.75) is 24.6 Å². The zero-order chi connectivity index (χ0) is 12.5. The first-order chi connectivity index (χ1) is 7.89. The number of hydrogen-bond donors (Lipinski definition) is 1. The molecular weight excluding hydrogens is 233 g/mol. The Hall–Kier alpha value is -1.07. The van der Waals surface area contributed by atoms with Crippen molar-refractivity contribution in [1.82, 2.24) is 0 Å². The molecule has 0 aromatic heterocycles. The molecule has 2 nitrogen and oxygen atoms in total. The summed E-state index contributed by atoms with van der Waals surface area (Å²) in [5.41, 5.74) is -1.23. The van der Waals surface area contributed by atoms with Gasteiger partial charge in [0.15, 0.2) is 0 Å². The quantitative estimate of drug-likeness (QED) is 0.868. The molecule has 1 heterocycles. The van der Waals surface area contributed by atoms with Crippen LogP contribution in [-0.2, 0) is 17.3 Å². The molecule has 0 bridgehead atoms. The highest BCUT2D eigenvalue weighted by Crippen LogP contribution is 2.31. The third-order valence-electron chi connectivity index (χ3n) is 2.87.